The van der Waals surface area contributed by atoms with Crippen LogP contribution in [0.1, 0.15) is 15.4 Å². The summed E-state index contributed by atoms with van der Waals surface area (Å²) in [5.74, 6) is 1.70. The molecule has 0 amide bonds. The van der Waals surface area contributed by atoms with Gasteiger partial charge in [-0.05, 0) is 24.6 Å². The predicted molar refractivity (Wildman–Crippen MR) is 110 cm³/mol. The number of anilines is 1. The SMILES string of the molecule is CN=C(NCc1ncc(C)s1)NCc1cc(N(C)C)nc2ccccc12. The Balaban J connectivity index is 1.73. The van der Waals surface area contributed by atoms with Crippen molar-refractivity contribution in [1.29, 1.82) is 0 Å². The Morgan fingerprint density at radius 1 is 1.19 bits per heavy atom. The van der Waals surface area contributed by atoms with Gasteiger partial charge in [0, 0.05) is 44.1 Å². The number of hydrogen-bond acceptors (Lipinski definition) is 5. The highest BCUT2D eigenvalue weighted by molar-refractivity contribution is 7.11. The van der Waals surface area contributed by atoms with Gasteiger partial charge >= 0.3 is 0 Å². The second kappa shape index (κ2) is 8.14. The quantitative estimate of drug-likeness (QED) is 0.535. The number of fused-ring (bicyclic) bond motifs is 1. The number of aliphatic imine (C=N–C) groups is 1. The topological polar surface area (TPSA) is 65.4 Å². The fourth-order valence-corrected chi connectivity index (χ4v) is 3.38. The van der Waals surface area contributed by atoms with Crippen LogP contribution in [-0.4, -0.2) is 37.1 Å². The summed E-state index contributed by atoms with van der Waals surface area (Å²) in [6.07, 6.45) is 1.89. The summed E-state index contributed by atoms with van der Waals surface area (Å²) >= 11 is 1.69. The number of nitrogens with one attached hydrogen (secondary N) is 2. The van der Waals surface area contributed by atoms with Crippen LogP contribution in [0, 0.1) is 6.92 Å². The van der Waals surface area contributed by atoms with Gasteiger partial charge in [-0.2, -0.15) is 0 Å². The molecule has 0 bridgehead atoms. The van der Waals surface area contributed by atoms with Crippen LogP contribution in [0.2, 0.25) is 0 Å². The summed E-state index contributed by atoms with van der Waals surface area (Å²) in [5, 5.41) is 8.91. The summed E-state index contributed by atoms with van der Waals surface area (Å²) in [6, 6.07) is 10.3. The normalized spacial score (nSPS) is 11.6. The van der Waals surface area contributed by atoms with Crippen molar-refractivity contribution in [2.45, 2.75) is 20.0 Å². The van der Waals surface area contributed by atoms with Crippen molar-refractivity contribution >= 4 is 34.0 Å². The van der Waals surface area contributed by atoms with Gasteiger partial charge in [0.2, 0.25) is 0 Å². The summed E-state index contributed by atoms with van der Waals surface area (Å²) in [6.45, 7) is 3.39. The van der Waals surface area contributed by atoms with Crippen molar-refractivity contribution in [3.63, 3.8) is 0 Å². The number of pyridine rings is 1. The van der Waals surface area contributed by atoms with Crippen LogP contribution in [-0.2, 0) is 13.1 Å². The number of rotatable bonds is 5. The lowest BCUT2D eigenvalue weighted by Crippen LogP contribution is -2.36. The molecule has 7 heteroatoms. The molecule has 2 heterocycles. The minimum Gasteiger partial charge on any atom is -0.363 e. The van der Waals surface area contributed by atoms with Gasteiger partial charge in [-0.1, -0.05) is 18.2 Å². The van der Waals surface area contributed by atoms with Gasteiger partial charge in [-0.15, -0.1) is 11.3 Å². The highest BCUT2D eigenvalue weighted by Crippen LogP contribution is 2.22. The van der Waals surface area contributed by atoms with Crippen molar-refractivity contribution in [2.24, 2.45) is 4.99 Å². The number of aryl methyl sites for hydroxylation is 1. The summed E-state index contributed by atoms with van der Waals surface area (Å²) in [5.41, 5.74) is 2.18. The smallest absolute Gasteiger partial charge is 0.191 e. The molecule has 0 spiro atoms. The van der Waals surface area contributed by atoms with Crippen LogP contribution < -0.4 is 15.5 Å². The first-order valence-corrected chi connectivity index (χ1v) is 9.30. The number of thiazole rings is 1. The Hall–Kier alpha value is -2.67. The Kier molecular flexibility index (Phi) is 5.68. The molecule has 0 saturated heterocycles. The highest BCUT2D eigenvalue weighted by atomic mass is 32.1. The van der Waals surface area contributed by atoms with Gasteiger partial charge < -0.3 is 15.5 Å². The minimum atomic E-state index is 0.665. The molecule has 26 heavy (non-hydrogen) atoms. The van der Waals surface area contributed by atoms with Crippen LogP contribution in [0.4, 0.5) is 5.82 Å². The van der Waals surface area contributed by atoms with E-state index in [1.54, 1.807) is 18.4 Å². The van der Waals surface area contributed by atoms with Crippen LogP contribution in [0.25, 0.3) is 10.9 Å². The zero-order valence-electron chi connectivity index (χ0n) is 15.6. The predicted octanol–water partition coefficient (Wildman–Crippen LogP) is 2.93. The molecular weight excluding hydrogens is 344 g/mol. The maximum Gasteiger partial charge on any atom is 0.191 e. The third kappa shape index (κ3) is 4.29. The van der Waals surface area contributed by atoms with E-state index < -0.39 is 0 Å². The number of nitrogens with zero attached hydrogens (tertiary/aromatic N) is 4. The van der Waals surface area contributed by atoms with Crippen molar-refractivity contribution < 1.29 is 0 Å². The molecule has 3 aromatic rings. The maximum atomic E-state index is 4.71. The van der Waals surface area contributed by atoms with E-state index in [0.717, 1.165) is 27.7 Å². The molecule has 0 fully saturated rings. The van der Waals surface area contributed by atoms with Crippen LogP contribution in [0.3, 0.4) is 0 Å². The molecule has 2 aromatic heterocycles. The summed E-state index contributed by atoms with van der Waals surface area (Å²) in [4.78, 5) is 16.6. The summed E-state index contributed by atoms with van der Waals surface area (Å²) < 4.78 is 0. The molecule has 3 rings (SSSR count). The fraction of sp³-hybridized carbons (Fsp3) is 0.316. The first-order chi connectivity index (χ1) is 12.6. The molecular formula is C19H24N6S. The van der Waals surface area contributed by atoms with Crippen molar-refractivity contribution in [2.75, 3.05) is 26.0 Å². The van der Waals surface area contributed by atoms with E-state index in [-0.39, 0.29) is 0 Å². The minimum absolute atomic E-state index is 0.665. The van der Waals surface area contributed by atoms with Crippen molar-refractivity contribution in [3.05, 3.63) is 52.0 Å². The monoisotopic (exact) mass is 368 g/mol. The second-order valence-corrected chi connectivity index (χ2v) is 7.51. The zero-order chi connectivity index (χ0) is 18.5. The maximum absolute atomic E-state index is 4.71. The first kappa shape index (κ1) is 18.1. The molecule has 0 saturated carbocycles. The average Bonchev–Trinajstić information content (AvgIpc) is 3.06. The molecule has 2 N–H and O–H groups in total. The Labute approximate surface area is 158 Å². The molecule has 0 unspecified atom stereocenters. The van der Waals surface area contributed by atoms with E-state index in [1.165, 1.54) is 10.4 Å². The van der Waals surface area contributed by atoms with E-state index in [1.807, 2.05) is 43.4 Å². The van der Waals surface area contributed by atoms with Gasteiger partial charge in [-0.25, -0.2) is 9.97 Å². The average molecular weight is 369 g/mol. The van der Waals surface area contributed by atoms with Crippen molar-refractivity contribution in [3.8, 4) is 0 Å². The molecule has 6 nitrogen and oxygen atoms in total. The third-order valence-corrected chi connectivity index (χ3v) is 4.91. The van der Waals surface area contributed by atoms with E-state index in [0.29, 0.717) is 13.1 Å². The van der Waals surface area contributed by atoms with Crippen LogP contribution >= 0.6 is 11.3 Å². The number of hydrogen-bond donors (Lipinski definition) is 2. The van der Waals surface area contributed by atoms with E-state index in [2.05, 4.69) is 39.7 Å². The number of benzene rings is 1. The molecule has 0 radical (unpaired) electrons. The van der Waals surface area contributed by atoms with Crippen molar-refractivity contribution in [1.82, 2.24) is 20.6 Å². The standard InChI is InChI=1S/C19H24N6S/c1-13-10-21-18(26-13)12-23-19(20-2)22-11-14-9-17(25(3)4)24-16-8-6-5-7-15(14)16/h5-10H,11-12H2,1-4H3,(H2,20,22,23). The Morgan fingerprint density at radius 2 is 1.96 bits per heavy atom. The highest BCUT2D eigenvalue weighted by Gasteiger charge is 2.08. The van der Waals surface area contributed by atoms with Gasteiger partial charge in [0.25, 0.3) is 0 Å². The molecule has 1 aromatic carbocycles. The van der Waals surface area contributed by atoms with E-state index in [4.69, 9.17) is 4.98 Å². The molecule has 0 aliphatic heterocycles. The molecule has 0 atom stereocenters. The molecule has 136 valence electrons. The van der Waals surface area contributed by atoms with E-state index >= 15 is 0 Å². The molecule has 0 aliphatic rings. The third-order valence-electron chi connectivity index (χ3n) is 3.99. The van der Waals surface area contributed by atoms with E-state index in [9.17, 15) is 0 Å². The lowest BCUT2D eigenvalue weighted by molar-refractivity contribution is 0.807. The van der Waals surface area contributed by atoms with Gasteiger partial charge in [0.05, 0.1) is 12.1 Å². The Morgan fingerprint density at radius 3 is 2.65 bits per heavy atom. The van der Waals surface area contributed by atoms with Gasteiger partial charge in [0.15, 0.2) is 5.96 Å². The van der Waals surface area contributed by atoms with Gasteiger partial charge in [-0.3, -0.25) is 4.99 Å². The Bertz CT molecular complexity index is 915. The lowest BCUT2D eigenvalue weighted by atomic mass is 10.1. The summed E-state index contributed by atoms with van der Waals surface area (Å²) in [7, 11) is 5.79. The lowest BCUT2D eigenvalue weighted by Gasteiger charge is -2.16. The number of aromatic nitrogens is 2. The van der Waals surface area contributed by atoms with Crippen LogP contribution in [0.15, 0.2) is 41.5 Å². The largest absolute Gasteiger partial charge is 0.363 e. The number of para-hydroxylation sites is 1. The zero-order valence-corrected chi connectivity index (χ0v) is 16.4. The fourth-order valence-electron chi connectivity index (χ4n) is 2.65. The molecule has 0 aliphatic carbocycles. The van der Waals surface area contributed by atoms with Crippen LogP contribution in [0.5, 0.6) is 0 Å². The van der Waals surface area contributed by atoms with Gasteiger partial charge in [0.1, 0.15) is 10.8 Å². The second-order valence-electron chi connectivity index (χ2n) is 6.20. The first-order valence-electron chi connectivity index (χ1n) is 8.48. The number of guanidine groups is 1.